The van der Waals surface area contributed by atoms with Gasteiger partial charge in [0.05, 0.1) is 5.69 Å². The molecular formula is C13H22N2O3S2. The Kier molecular flexibility index (Phi) is 7.18. The van der Waals surface area contributed by atoms with Gasteiger partial charge in [-0.1, -0.05) is 19.1 Å². The van der Waals surface area contributed by atoms with Crippen molar-refractivity contribution in [2.75, 3.05) is 30.4 Å². The Morgan fingerprint density at radius 3 is 2.55 bits per heavy atom. The maximum atomic E-state index is 12.2. The van der Waals surface area contributed by atoms with Crippen LogP contribution >= 0.6 is 0 Å². The fourth-order valence-electron chi connectivity index (χ4n) is 1.67. The molecule has 0 bridgehead atoms. The van der Waals surface area contributed by atoms with E-state index in [4.69, 9.17) is 0 Å². The number of benzene rings is 1. The molecule has 0 spiro atoms. The molecule has 2 N–H and O–H groups in total. The first-order chi connectivity index (χ1) is 9.47. The minimum atomic E-state index is -3.53. The molecule has 1 rings (SSSR count). The minimum Gasteiger partial charge on any atom is -0.384 e. The second-order valence-electron chi connectivity index (χ2n) is 4.45. The Morgan fingerprint density at radius 2 is 1.90 bits per heavy atom. The highest BCUT2D eigenvalue weighted by molar-refractivity contribution is 7.89. The summed E-state index contributed by atoms with van der Waals surface area (Å²) in [6, 6.07) is 6.84. The molecular weight excluding hydrogens is 296 g/mol. The molecule has 0 aliphatic rings. The molecule has 0 aromatic heterocycles. The smallest absolute Gasteiger partial charge is 0.242 e. The molecule has 0 radical (unpaired) electrons. The average molecular weight is 318 g/mol. The fourth-order valence-corrected chi connectivity index (χ4v) is 3.47. The highest BCUT2D eigenvalue weighted by Gasteiger charge is 2.17. The van der Waals surface area contributed by atoms with Gasteiger partial charge in [-0.2, -0.15) is 0 Å². The molecule has 1 aromatic carbocycles. The third-order valence-electron chi connectivity index (χ3n) is 2.64. The predicted octanol–water partition coefficient (Wildman–Crippen LogP) is 1.56. The third-order valence-corrected chi connectivity index (χ3v) is 5.03. The van der Waals surface area contributed by atoms with Crippen molar-refractivity contribution in [2.24, 2.45) is 0 Å². The summed E-state index contributed by atoms with van der Waals surface area (Å²) in [5.74, 6) is 0.498. The molecule has 0 aliphatic heterocycles. The van der Waals surface area contributed by atoms with Crippen LogP contribution in [0.1, 0.15) is 19.8 Å². The van der Waals surface area contributed by atoms with Crippen LogP contribution in [0.25, 0.3) is 0 Å². The first-order valence-corrected chi connectivity index (χ1v) is 9.81. The van der Waals surface area contributed by atoms with Crippen LogP contribution in [0.2, 0.25) is 0 Å². The van der Waals surface area contributed by atoms with Crippen LogP contribution in [-0.4, -0.2) is 37.7 Å². The third kappa shape index (κ3) is 5.60. The van der Waals surface area contributed by atoms with Gasteiger partial charge in [-0.15, -0.1) is 0 Å². The lowest BCUT2D eigenvalue weighted by atomic mass is 10.3. The Bertz CT molecular complexity index is 544. The number of nitrogens with one attached hydrogen (secondary N) is 2. The fraction of sp³-hybridized carbons (Fsp3) is 0.538. The summed E-state index contributed by atoms with van der Waals surface area (Å²) in [4.78, 5) is 0.256. The number of rotatable bonds is 9. The van der Waals surface area contributed by atoms with Crippen LogP contribution in [-0.2, 0) is 20.8 Å². The summed E-state index contributed by atoms with van der Waals surface area (Å²) in [7, 11) is -4.42. The van der Waals surface area contributed by atoms with Gasteiger partial charge in [0, 0.05) is 35.9 Å². The molecule has 0 heterocycles. The van der Waals surface area contributed by atoms with Gasteiger partial charge in [0.25, 0.3) is 0 Å². The van der Waals surface area contributed by atoms with Crippen LogP contribution in [0.4, 0.5) is 5.69 Å². The SMILES string of the molecule is CCCNc1ccccc1S(=O)(=O)NCCCS(C)=O. The van der Waals surface area contributed by atoms with Crippen molar-refractivity contribution < 1.29 is 12.6 Å². The normalized spacial score (nSPS) is 13.1. The maximum Gasteiger partial charge on any atom is 0.242 e. The lowest BCUT2D eigenvalue weighted by molar-refractivity contribution is 0.581. The molecule has 1 atom stereocenters. The Hall–Kier alpha value is -0.920. The van der Waals surface area contributed by atoms with Gasteiger partial charge in [0.1, 0.15) is 4.90 Å². The molecule has 20 heavy (non-hydrogen) atoms. The van der Waals surface area contributed by atoms with Gasteiger partial charge >= 0.3 is 0 Å². The summed E-state index contributed by atoms with van der Waals surface area (Å²) in [5, 5.41) is 3.11. The molecule has 0 saturated heterocycles. The second kappa shape index (κ2) is 8.39. The van der Waals surface area contributed by atoms with Crippen LogP contribution in [0.15, 0.2) is 29.2 Å². The summed E-state index contributed by atoms with van der Waals surface area (Å²) in [6.07, 6.45) is 3.09. The predicted molar refractivity (Wildman–Crippen MR) is 84.0 cm³/mol. The van der Waals surface area contributed by atoms with Gasteiger partial charge in [0.15, 0.2) is 0 Å². The quantitative estimate of drug-likeness (QED) is 0.678. The van der Waals surface area contributed by atoms with Crippen molar-refractivity contribution >= 4 is 26.5 Å². The summed E-state index contributed by atoms with van der Waals surface area (Å²) in [6.45, 7) is 3.04. The van der Waals surface area contributed by atoms with Crippen molar-refractivity contribution in [3.05, 3.63) is 24.3 Å². The van der Waals surface area contributed by atoms with Crippen molar-refractivity contribution in [3.63, 3.8) is 0 Å². The molecule has 0 aliphatic carbocycles. The standard InChI is InChI=1S/C13H22N2O3S2/c1-3-9-14-12-7-4-5-8-13(12)20(17,18)15-10-6-11-19(2)16/h4-5,7-8,14-15H,3,6,9-11H2,1-2H3. The van der Waals surface area contributed by atoms with Gasteiger partial charge < -0.3 is 5.32 Å². The number of para-hydroxylation sites is 1. The first-order valence-electron chi connectivity index (χ1n) is 6.60. The van der Waals surface area contributed by atoms with E-state index in [1.165, 1.54) is 0 Å². The Morgan fingerprint density at radius 1 is 1.20 bits per heavy atom. The zero-order chi connectivity index (χ0) is 15.0. The Balaban J connectivity index is 2.73. The van der Waals surface area contributed by atoms with E-state index in [0.29, 0.717) is 24.4 Å². The second-order valence-corrected chi connectivity index (χ2v) is 7.74. The highest BCUT2D eigenvalue weighted by Crippen LogP contribution is 2.20. The van der Waals surface area contributed by atoms with Crippen molar-refractivity contribution in [3.8, 4) is 0 Å². The zero-order valence-electron chi connectivity index (χ0n) is 11.9. The largest absolute Gasteiger partial charge is 0.384 e. The number of anilines is 1. The van der Waals surface area contributed by atoms with Gasteiger partial charge in [-0.25, -0.2) is 13.1 Å². The van der Waals surface area contributed by atoms with Crippen molar-refractivity contribution in [1.82, 2.24) is 4.72 Å². The van der Waals surface area contributed by atoms with Crippen molar-refractivity contribution in [2.45, 2.75) is 24.7 Å². The molecule has 0 amide bonds. The monoisotopic (exact) mass is 318 g/mol. The summed E-state index contributed by atoms with van der Waals surface area (Å²) >= 11 is 0. The van der Waals surface area contributed by atoms with E-state index in [1.807, 2.05) is 6.92 Å². The van der Waals surface area contributed by atoms with Gasteiger partial charge in [0.2, 0.25) is 10.0 Å². The molecule has 0 saturated carbocycles. The lowest BCUT2D eigenvalue weighted by Crippen LogP contribution is -2.26. The van der Waals surface area contributed by atoms with E-state index < -0.39 is 20.8 Å². The van der Waals surface area contributed by atoms with Crippen LogP contribution in [0, 0.1) is 0 Å². The average Bonchev–Trinajstić information content (AvgIpc) is 2.41. The molecule has 7 heteroatoms. The van der Waals surface area contributed by atoms with E-state index in [9.17, 15) is 12.6 Å². The Labute approximate surface area is 123 Å². The number of hydrogen-bond acceptors (Lipinski definition) is 4. The van der Waals surface area contributed by atoms with Crippen LogP contribution in [0.5, 0.6) is 0 Å². The molecule has 5 nitrogen and oxygen atoms in total. The molecule has 114 valence electrons. The zero-order valence-corrected chi connectivity index (χ0v) is 13.5. The van der Waals surface area contributed by atoms with E-state index in [-0.39, 0.29) is 4.90 Å². The van der Waals surface area contributed by atoms with E-state index >= 15 is 0 Å². The van der Waals surface area contributed by atoms with E-state index in [2.05, 4.69) is 10.0 Å². The molecule has 1 aromatic rings. The van der Waals surface area contributed by atoms with Gasteiger partial charge in [-0.05, 0) is 25.0 Å². The minimum absolute atomic E-state index is 0.256. The molecule has 0 fully saturated rings. The van der Waals surface area contributed by atoms with Crippen LogP contribution < -0.4 is 10.0 Å². The van der Waals surface area contributed by atoms with Gasteiger partial charge in [-0.3, -0.25) is 4.21 Å². The van der Waals surface area contributed by atoms with Crippen molar-refractivity contribution in [1.29, 1.82) is 0 Å². The van der Waals surface area contributed by atoms with Crippen LogP contribution in [0.3, 0.4) is 0 Å². The number of sulfonamides is 1. The maximum absolute atomic E-state index is 12.2. The lowest BCUT2D eigenvalue weighted by Gasteiger charge is -2.12. The van der Waals surface area contributed by atoms with E-state index in [1.54, 1.807) is 30.5 Å². The topological polar surface area (TPSA) is 75.3 Å². The summed E-state index contributed by atoms with van der Waals surface area (Å²) < 4.78 is 37.9. The number of hydrogen-bond donors (Lipinski definition) is 2. The van der Waals surface area contributed by atoms with E-state index in [0.717, 1.165) is 13.0 Å². The highest BCUT2D eigenvalue weighted by atomic mass is 32.2. The summed E-state index contributed by atoms with van der Waals surface area (Å²) in [5.41, 5.74) is 0.612. The molecule has 1 unspecified atom stereocenters. The first kappa shape index (κ1) is 17.1.